The van der Waals surface area contributed by atoms with Gasteiger partial charge in [-0.15, -0.1) is 6.58 Å². The van der Waals surface area contributed by atoms with Crippen LogP contribution >= 0.6 is 0 Å². The Morgan fingerprint density at radius 2 is 2.06 bits per heavy atom. The van der Waals surface area contributed by atoms with Crippen LogP contribution in [0, 0.1) is 5.92 Å². The van der Waals surface area contributed by atoms with Gasteiger partial charge >= 0.3 is 0 Å². The highest BCUT2D eigenvalue weighted by molar-refractivity contribution is 5.13. The number of aliphatic hydroxyl groups excluding tert-OH is 1. The first-order valence-electron chi connectivity index (χ1n) is 6.16. The summed E-state index contributed by atoms with van der Waals surface area (Å²) >= 11 is 0. The molecule has 2 nitrogen and oxygen atoms in total. The molecule has 0 unspecified atom stereocenters. The zero-order valence-corrected chi connectivity index (χ0v) is 10.5. The van der Waals surface area contributed by atoms with E-state index in [-0.39, 0.29) is 12.0 Å². The van der Waals surface area contributed by atoms with Gasteiger partial charge in [-0.25, -0.2) is 0 Å². The molecule has 0 aliphatic heterocycles. The molecule has 0 amide bonds. The van der Waals surface area contributed by atoms with E-state index < -0.39 is 0 Å². The average Bonchev–Trinajstić information content (AvgIpc) is 2.38. The molecule has 0 aliphatic rings. The van der Waals surface area contributed by atoms with Crippen LogP contribution in [-0.4, -0.2) is 17.8 Å². The molecule has 0 radical (unpaired) electrons. The Kier molecular flexibility index (Phi) is 6.60. The standard InChI is InChI=1S/C15H22O2/c1-3-13(2)15(16)10-7-11-17-12-14-8-5-4-6-9-14/h3-6,8-9,13,15-16H,1,7,10-12H2,2H3/t13-,15-/m0/s1. The van der Waals surface area contributed by atoms with Gasteiger partial charge in [-0.1, -0.05) is 43.3 Å². The van der Waals surface area contributed by atoms with Crippen molar-refractivity contribution in [2.24, 2.45) is 5.92 Å². The van der Waals surface area contributed by atoms with Gasteiger partial charge in [0.15, 0.2) is 0 Å². The van der Waals surface area contributed by atoms with Crippen LogP contribution in [0.3, 0.4) is 0 Å². The van der Waals surface area contributed by atoms with Crippen molar-refractivity contribution in [3.05, 3.63) is 48.6 Å². The molecule has 1 rings (SSSR count). The van der Waals surface area contributed by atoms with Gasteiger partial charge in [0, 0.05) is 6.61 Å². The van der Waals surface area contributed by atoms with Crippen molar-refractivity contribution in [3.63, 3.8) is 0 Å². The van der Waals surface area contributed by atoms with E-state index in [0.29, 0.717) is 13.2 Å². The van der Waals surface area contributed by atoms with E-state index >= 15 is 0 Å². The van der Waals surface area contributed by atoms with Crippen LogP contribution in [-0.2, 0) is 11.3 Å². The van der Waals surface area contributed by atoms with E-state index in [4.69, 9.17) is 4.74 Å². The Bertz CT molecular complexity index is 308. The predicted octanol–water partition coefficient (Wildman–Crippen LogP) is 3.17. The fourth-order valence-electron chi connectivity index (χ4n) is 1.58. The summed E-state index contributed by atoms with van der Waals surface area (Å²) in [5.74, 6) is 0.157. The summed E-state index contributed by atoms with van der Waals surface area (Å²) in [7, 11) is 0. The van der Waals surface area contributed by atoms with Crippen molar-refractivity contribution in [1.82, 2.24) is 0 Å². The summed E-state index contributed by atoms with van der Waals surface area (Å²) in [5, 5.41) is 9.71. The first kappa shape index (κ1) is 13.9. The van der Waals surface area contributed by atoms with Gasteiger partial charge in [0.1, 0.15) is 0 Å². The Morgan fingerprint density at radius 3 is 2.71 bits per heavy atom. The molecule has 94 valence electrons. The number of aliphatic hydroxyl groups is 1. The summed E-state index contributed by atoms with van der Waals surface area (Å²) in [5.41, 5.74) is 1.19. The first-order valence-corrected chi connectivity index (χ1v) is 6.16. The van der Waals surface area contributed by atoms with Crippen LogP contribution in [0.2, 0.25) is 0 Å². The van der Waals surface area contributed by atoms with Gasteiger partial charge in [0.05, 0.1) is 12.7 Å². The summed E-state index contributed by atoms with van der Waals surface area (Å²) in [4.78, 5) is 0. The number of ether oxygens (including phenoxy) is 1. The van der Waals surface area contributed by atoms with Crippen molar-refractivity contribution in [3.8, 4) is 0 Å². The monoisotopic (exact) mass is 234 g/mol. The number of benzene rings is 1. The quantitative estimate of drug-likeness (QED) is 0.553. The SMILES string of the molecule is C=C[C@H](C)[C@@H](O)CCCOCc1ccccc1. The smallest absolute Gasteiger partial charge is 0.0716 e. The minimum Gasteiger partial charge on any atom is -0.393 e. The van der Waals surface area contributed by atoms with Gasteiger partial charge in [0.2, 0.25) is 0 Å². The van der Waals surface area contributed by atoms with E-state index in [0.717, 1.165) is 12.8 Å². The molecule has 0 bridgehead atoms. The fourth-order valence-corrected chi connectivity index (χ4v) is 1.58. The molecular weight excluding hydrogens is 212 g/mol. The molecule has 2 atom stereocenters. The van der Waals surface area contributed by atoms with E-state index in [1.54, 1.807) is 6.08 Å². The van der Waals surface area contributed by atoms with Crippen LogP contribution in [0.1, 0.15) is 25.3 Å². The number of rotatable bonds is 8. The van der Waals surface area contributed by atoms with Crippen LogP contribution < -0.4 is 0 Å². The second-order valence-electron chi connectivity index (χ2n) is 4.34. The molecular formula is C15H22O2. The van der Waals surface area contributed by atoms with Gasteiger partial charge in [-0.2, -0.15) is 0 Å². The number of hydrogen-bond donors (Lipinski definition) is 1. The summed E-state index contributed by atoms with van der Waals surface area (Å²) in [6, 6.07) is 10.1. The molecule has 0 fully saturated rings. The molecule has 0 aliphatic carbocycles. The Labute approximate surface area is 104 Å². The van der Waals surface area contributed by atoms with Crippen LogP contribution in [0.4, 0.5) is 0 Å². The lowest BCUT2D eigenvalue weighted by Crippen LogP contribution is -2.16. The second-order valence-corrected chi connectivity index (χ2v) is 4.34. The van der Waals surface area contributed by atoms with Crippen molar-refractivity contribution in [1.29, 1.82) is 0 Å². The van der Waals surface area contributed by atoms with Crippen LogP contribution in [0.25, 0.3) is 0 Å². The van der Waals surface area contributed by atoms with E-state index in [1.165, 1.54) is 5.56 Å². The van der Waals surface area contributed by atoms with E-state index in [9.17, 15) is 5.11 Å². The third kappa shape index (κ3) is 5.66. The van der Waals surface area contributed by atoms with E-state index in [2.05, 4.69) is 18.7 Å². The van der Waals surface area contributed by atoms with Crippen LogP contribution in [0.5, 0.6) is 0 Å². The van der Waals surface area contributed by atoms with Gasteiger partial charge in [-0.3, -0.25) is 0 Å². The van der Waals surface area contributed by atoms with Crippen molar-refractivity contribution >= 4 is 0 Å². The van der Waals surface area contributed by atoms with Crippen LogP contribution in [0.15, 0.2) is 43.0 Å². The maximum atomic E-state index is 9.71. The largest absolute Gasteiger partial charge is 0.393 e. The lowest BCUT2D eigenvalue weighted by atomic mass is 10.0. The molecule has 0 spiro atoms. The molecule has 1 N–H and O–H groups in total. The van der Waals surface area contributed by atoms with Gasteiger partial charge in [-0.05, 0) is 24.3 Å². The molecule has 2 heteroatoms. The van der Waals surface area contributed by atoms with E-state index in [1.807, 2.05) is 25.1 Å². The molecule has 0 saturated carbocycles. The topological polar surface area (TPSA) is 29.5 Å². The second kappa shape index (κ2) is 8.04. The van der Waals surface area contributed by atoms with Gasteiger partial charge in [0.25, 0.3) is 0 Å². The zero-order chi connectivity index (χ0) is 12.5. The third-order valence-electron chi connectivity index (χ3n) is 2.88. The third-order valence-corrected chi connectivity index (χ3v) is 2.88. The molecule has 0 aromatic heterocycles. The minimum atomic E-state index is -0.298. The highest BCUT2D eigenvalue weighted by Crippen LogP contribution is 2.10. The Hall–Kier alpha value is -1.12. The molecule has 0 saturated heterocycles. The maximum absolute atomic E-state index is 9.71. The highest BCUT2D eigenvalue weighted by atomic mass is 16.5. The number of hydrogen-bond acceptors (Lipinski definition) is 2. The van der Waals surface area contributed by atoms with Crippen molar-refractivity contribution < 1.29 is 9.84 Å². The fraction of sp³-hybridized carbons (Fsp3) is 0.467. The maximum Gasteiger partial charge on any atom is 0.0716 e. The average molecular weight is 234 g/mol. The lowest BCUT2D eigenvalue weighted by Gasteiger charge is -2.14. The molecule has 1 aromatic carbocycles. The highest BCUT2D eigenvalue weighted by Gasteiger charge is 2.09. The Morgan fingerprint density at radius 1 is 1.35 bits per heavy atom. The van der Waals surface area contributed by atoms with Gasteiger partial charge < -0.3 is 9.84 Å². The zero-order valence-electron chi connectivity index (χ0n) is 10.5. The summed E-state index contributed by atoms with van der Waals surface area (Å²) in [6.45, 7) is 6.99. The summed E-state index contributed by atoms with van der Waals surface area (Å²) in [6.07, 6.45) is 3.14. The predicted molar refractivity (Wildman–Crippen MR) is 70.7 cm³/mol. The molecule has 0 heterocycles. The normalized spacial score (nSPS) is 14.2. The first-order chi connectivity index (χ1) is 8.24. The molecule has 17 heavy (non-hydrogen) atoms. The van der Waals surface area contributed by atoms with Crippen molar-refractivity contribution in [2.75, 3.05) is 6.61 Å². The Balaban J connectivity index is 2.07. The van der Waals surface area contributed by atoms with Crippen molar-refractivity contribution in [2.45, 2.75) is 32.5 Å². The lowest BCUT2D eigenvalue weighted by molar-refractivity contribution is 0.0853. The summed E-state index contributed by atoms with van der Waals surface area (Å²) < 4.78 is 5.55. The minimum absolute atomic E-state index is 0.157. The molecule has 1 aromatic rings.